The molecule has 1 aliphatic carbocycles. The van der Waals surface area contributed by atoms with Crippen LogP contribution in [0.15, 0.2) is 24.3 Å². The third-order valence-corrected chi connectivity index (χ3v) is 2.49. The molecule has 0 amide bonds. The Hall–Kier alpha value is -1.71. The van der Waals surface area contributed by atoms with E-state index in [1.54, 1.807) is 0 Å². The van der Waals surface area contributed by atoms with Gasteiger partial charge in [0.15, 0.2) is 5.82 Å². The average Bonchev–Trinajstić information content (AvgIpc) is 2.95. The second-order valence-corrected chi connectivity index (χ2v) is 3.67. The zero-order valence-electron chi connectivity index (χ0n) is 7.64. The third kappa shape index (κ3) is 1.11. The lowest BCUT2D eigenvalue weighted by Gasteiger charge is -1.97. The molecule has 1 saturated carbocycles. The summed E-state index contributed by atoms with van der Waals surface area (Å²) in [7, 11) is 0. The van der Waals surface area contributed by atoms with Crippen LogP contribution in [0, 0.1) is 0 Å². The van der Waals surface area contributed by atoms with Gasteiger partial charge in [-0.3, -0.25) is 0 Å². The topological polar surface area (TPSA) is 50.1 Å². The van der Waals surface area contributed by atoms with Crippen molar-refractivity contribution in [2.75, 3.05) is 5.32 Å². The molecule has 3 rings (SSSR count). The number of aromatic nitrogens is 2. The van der Waals surface area contributed by atoms with Crippen molar-refractivity contribution in [3.8, 4) is 0 Å². The second kappa shape index (κ2) is 2.64. The van der Waals surface area contributed by atoms with Crippen LogP contribution >= 0.6 is 0 Å². The summed E-state index contributed by atoms with van der Waals surface area (Å²) in [6.07, 6.45) is 2.40. The summed E-state index contributed by atoms with van der Waals surface area (Å²) < 4.78 is 0. The van der Waals surface area contributed by atoms with Crippen LogP contribution in [0.5, 0.6) is 0 Å². The number of hydrogen-bond acceptors (Lipinski definition) is 3. The summed E-state index contributed by atoms with van der Waals surface area (Å²) in [4.78, 5) is 0.931. The van der Waals surface area contributed by atoms with E-state index in [9.17, 15) is 5.21 Å². The molecule has 0 bridgehead atoms. The quantitative estimate of drug-likeness (QED) is 0.709. The highest BCUT2D eigenvalue weighted by atomic mass is 16.5. The number of nitrogens with zero attached hydrogens (tertiary/aromatic N) is 2. The number of anilines is 1. The number of benzene rings is 1. The summed E-state index contributed by atoms with van der Waals surface area (Å²) in [6.45, 7) is 0. The Kier molecular flexibility index (Phi) is 1.45. The molecule has 0 aliphatic heterocycles. The molecule has 14 heavy (non-hydrogen) atoms. The van der Waals surface area contributed by atoms with E-state index in [1.807, 2.05) is 24.3 Å². The molecular weight excluding hydrogens is 178 g/mol. The Morgan fingerprint density at radius 1 is 1.36 bits per heavy atom. The molecule has 1 fully saturated rings. The highest BCUT2D eigenvalue weighted by Crippen LogP contribution is 2.28. The number of nitrogens with one attached hydrogen (secondary N) is 1. The maximum atomic E-state index is 9.49. The molecule has 4 nitrogen and oxygen atoms in total. The summed E-state index contributed by atoms with van der Waals surface area (Å²) in [5.74, 6) is 0.783. The first-order valence-electron chi connectivity index (χ1n) is 4.78. The second-order valence-electron chi connectivity index (χ2n) is 3.67. The van der Waals surface area contributed by atoms with Crippen molar-refractivity contribution < 1.29 is 5.21 Å². The van der Waals surface area contributed by atoms with E-state index < -0.39 is 0 Å². The Balaban J connectivity index is 2.12. The maximum absolute atomic E-state index is 9.49. The Morgan fingerprint density at radius 3 is 2.93 bits per heavy atom. The monoisotopic (exact) mass is 189 g/mol. The fourth-order valence-electron chi connectivity index (χ4n) is 1.58. The zero-order chi connectivity index (χ0) is 9.54. The number of rotatable bonds is 2. The van der Waals surface area contributed by atoms with Crippen molar-refractivity contribution in [2.45, 2.75) is 18.9 Å². The average molecular weight is 189 g/mol. The molecule has 0 unspecified atom stereocenters. The van der Waals surface area contributed by atoms with E-state index in [4.69, 9.17) is 0 Å². The Bertz CT molecular complexity index is 473. The van der Waals surface area contributed by atoms with Crippen molar-refractivity contribution >= 4 is 16.7 Å². The molecule has 1 aromatic carbocycles. The van der Waals surface area contributed by atoms with Gasteiger partial charge in [-0.2, -0.15) is 0 Å². The normalized spacial score (nSPS) is 16.0. The summed E-state index contributed by atoms with van der Waals surface area (Å²) >= 11 is 0. The number of para-hydroxylation sites is 1. The molecule has 0 radical (unpaired) electrons. The largest absolute Gasteiger partial charge is 0.411 e. The van der Waals surface area contributed by atoms with Gasteiger partial charge in [-0.1, -0.05) is 17.0 Å². The van der Waals surface area contributed by atoms with E-state index in [2.05, 4.69) is 10.4 Å². The Morgan fingerprint density at radius 2 is 2.14 bits per heavy atom. The molecule has 0 atom stereocenters. The van der Waals surface area contributed by atoms with Crippen molar-refractivity contribution in [3.05, 3.63) is 24.3 Å². The van der Waals surface area contributed by atoms with E-state index in [1.165, 1.54) is 12.8 Å². The van der Waals surface area contributed by atoms with Crippen LogP contribution in [0.25, 0.3) is 10.9 Å². The lowest BCUT2D eigenvalue weighted by atomic mass is 10.2. The highest BCUT2D eigenvalue weighted by molar-refractivity contribution is 5.90. The molecule has 4 heteroatoms. The number of hydrogen-bond donors (Lipinski definition) is 2. The Labute approximate surface area is 81.1 Å². The zero-order valence-corrected chi connectivity index (χ0v) is 7.64. The molecule has 0 spiro atoms. The fraction of sp³-hybridized carbons (Fsp3) is 0.300. The van der Waals surface area contributed by atoms with Crippen LogP contribution in [0.1, 0.15) is 12.8 Å². The highest BCUT2D eigenvalue weighted by Gasteiger charge is 2.23. The molecule has 2 aromatic rings. The van der Waals surface area contributed by atoms with Gasteiger partial charge >= 0.3 is 0 Å². The van der Waals surface area contributed by atoms with E-state index in [0.717, 1.165) is 21.6 Å². The summed E-state index contributed by atoms with van der Waals surface area (Å²) in [6, 6.07) is 8.19. The molecule has 1 aromatic heterocycles. The van der Waals surface area contributed by atoms with Crippen LogP contribution in [0.3, 0.4) is 0 Å². The van der Waals surface area contributed by atoms with Gasteiger partial charge in [0.25, 0.3) is 0 Å². The smallest absolute Gasteiger partial charge is 0.159 e. The van der Waals surface area contributed by atoms with Crippen LogP contribution < -0.4 is 5.32 Å². The fourth-order valence-corrected chi connectivity index (χ4v) is 1.58. The van der Waals surface area contributed by atoms with Gasteiger partial charge in [0, 0.05) is 11.4 Å². The van der Waals surface area contributed by atoms with Gasteiger partial charge in [-0.05, 0) is 25.0 Å². The first-order chi connectivity index (χ1) is 6.84. The van der Waals surface area contributed by atoms with Crippen molar-refractivity contribution in [3.63, 3.8) is 0 Å². The third-order valence-electron chi connectivity index (χ3n) is 2.49. The van der Waals surface area contributed by atoms with Crippen LogP contribution in [-0.2, 0) is 0 Å². The van der Waals surface area contributed by atoms with Gasteiger partial charge in [0.05, 0.1) is 0 Å². The van der Waals surface area contributed by atoms with E-state index in [-0.39, 0.29) is 0 Å². The predicted molar refractivity (Wildman–Crippen MR) is 53.6 cm³/mol. The van der Waals surface area contributed by atoms with Crippen LogP contribution in [0.4, 0.5) is 5.82 Å². The van der Waals surface area contributed by atoms with Crippen molar-refractivity contribution in [1.82, 2.24) is 9.94 Å². The molecule has 0 saturated heterocycles. The van der Waals surface area contributed by atoms with Crippen LogP contribution in [-0.4, -0.2) is 21.2 Å². The molecule has 72 valence electrons. The molecular formula is C10H11N3O. The van der Waals surface area contributed by atoms with Crippen LogP contribution in [0.2, 0.25) is 0 Å². The summed E-state index contributed by atoms with van der Waals surface area (Å²) in [5.41, 5.74) is 0.746. The van der Waals surface area contributed by atoms with Gasteiger partial charge in [-0.25, -0.2) is 0 Å². The maximum Gasteiger partial charge on any atom is 0.159 e. The minimum absolute atomic E-state index is 0.549. The first kappa shape index (κ1) is 7.67. The first-order valence-corrected chi connectivity index (χ1v) is 4.78. The van der Waals surface area contributed by atoms with Gasteiger partial charge in [0.1, 0.15) is 5.52 Å². The van der Waals surface area contributed by atoms with Gasteiger partial charge in [-0.15, -0.1) is 5.10 Å². The lowest BCUT2D eigenvalue weighted by molar-refractivity contribution is 0.162. The van der Waals surface area contributed by atoms with Crippen molar-refractivity contribution in [2.24, 2.45) is 0 Å². The van der Waals surface area contributed by atoms with Gasteiger partial charge < -0.3 is 10.5 Å². The minimum atomic E-state index is 0.549. The lowest BCUT2D eigenvalue weighted by Crippen LogP contribution is -2.02. The SMILES string of the molecule is On1nc(NC2CC2)c2ccccc21. The van der Waals surface area contributed by atoms with E-state index >= 15 is 0 Å². The van der Waals surface area contributed by atoms with E-state index in [0.29, 0.717) is 6.04 Å². The minimum Gasteiger partial charge on any atom is -0.411 e. The van der Waals surface area contributed by atoms with Gasteiger partial charge in [0.2, 0.25) is 0 Å². The molecule has 2 N–H and O–H groups in total. The molecule has 1 heterocycles. The predicted octanol–water partition coefficient (Wildman–Crippen LogP) is 1.85. The van der Waals surface area contributed by atoms with Crippen molar-refractivity contribution in [1.29, 1.82) is 0 Å². The summed E-state index contributed by atoms with van der Waals surface area (Å²) in [5, 5.41) is 17.8. The molecule has 1 aliphatic rings. The standard InChI is InChI=1S/C10H11N3O/c14-13-9-4-2-1-3-8(9)10(12-13)11-7-5-6-7/h1-4,7,14H,5-6H2,(H,11,12). The number of fused-ring (bicyclic) bond motifs is 1.